The van der Waals surface area contributed by atoms with E-state index in [1.807, 2.05) is 13.8 Å². The van der Waals surface area contributed by atoms with Crippen molar-refractivity contribution in [1.29, 1.82) is 0 Å². The van der Waals surface area contributed by atoms with Gasteiger partial charge in [0, 0.05) is 18.1 Å². The summed E-state index contributed by atoms with van der Waals surface area (Å²) in [7, 11) is 0. The summed E-state index contributed by atoms with van der Waals surface area (Å²) in [5.74, 6) is 0.242. The fraction of sp³-hybridized carbons (Fsp3) is 0.214. The molecular weight excluding hydrogens is 278 g/mol. The van der Waals surface area contributed by atoms with Crippen molar-refractivity contribution in [3.8, 4) is 5.75 Å². The molecule has 0 fully saturated rings. The maximum atomic E-state index is 11.9. The lowest BCUT2D eigenvalue weighted by Crippen LogP contribution is -2.14. The second-order valence-corrected chi connectivity index (χ2v) is 4.76. The van der Waals surface area contributed by atoms with Gasteiger partial charge in [-0.05, 0) is 32.0 Å². The lowest BCUT2D eigenvalue weighted by Gasteiger charge is -2.12. The molecule has 0 atom stereocenters. The fourth-order valence-corrected chi connectivity index (χ4v) is 1.76. The minimum absolute atomic E-state index is 0.0348. The van der Waals surface area contributed by atoms with E-state index < -0.39 is 0 Å². The molecule has 0 saturated heterocycles. The number of rotatable bonds is 4. The molecule has 0 saturated carbocycles. The van der Waals surface area contributed by atoms with Crippen molar-refractivity contribution in [3.63, 3.8) is 0 Å². The standard InChI is InChI=1S/C14H14ClN3O2/c1-9(2)20-13-4-3-10(7-11(13)15)18-14(19)12-8-16-5-6-17-12/h3-9H,1-2H3,(H,18,19). The predicted molar refractivity (Wildman–Crippen MR) is 77.2 cm³/mol. The van der Waals surface area contributed by atoms with Crippen LogP contribution in [0.5, 0.6) is 5.75 Å². The Morgan fingerprint density at radius 2 is 2.15 bits per heavy atom. The van der Waals surface area contributed by atoms with E-state index in [4.69, 9.17) is 16.3 Å². The van der Waals surface area contributed by atoms with E-state index in [0.717, 1.165) is 0 Å². The number of aromatic nitrogens is 2. The topological polar surface area (TPSA) is 64.1 Å². The van der Waals surface area contributed by atoms with Crippen LogP contribution in [0.3, 0.4) is 0 Å². The Balaban J connectivity index is 2.11. The van der Waals surface area contributed by atoms with Gasteiger partial charge in [0.05, 0.1) is 17.3 Å². The number of hydrogen-bond acceptors (Lipinski definition) is 4. The maximum Gasteiger partial charge on any atom is 0.275 e. The Bertz CT molecular complexity index is 603. The molecule has 20 heavy (non-hydrogen) atoms. The van der Waals surface area contributed by atoms with Gasteiger partial charge in [-0.15, -0.1) is 0 Å². The van der Waals surface area contributed by atoms with Crippen LogP contribution < -0.4 is 10.1 Å². The summed E-state index contributed by atoms with van der Waals surface area (Å²) in [6, 6.07) is 5.07. The Labute approximate surface area is 122 Å². The molecule has 5 nitrogen and oxygen atoms in total. The zero-order valence-electron chi connectivity index (χ0n) is 11.1. The van der Waals surface area contributed by atoms with Crippen LogP contribution >= 0.6 is 11.6 Å². The van der Waals surface area contributed by atoms with E-state index in [9.17, 15) is 4.79 Å². The summed E-state index contributed by atoms with van der Waals surface area (Å²) < 4.78 is 5.52. The molecule has 1 heterocycles. The molecule has 1 aromatic carbocycles. The van der Waals surface area contributed by atoms with Gasteiger partial charge >= 0.3 is 0 Å². The molecule has 0 radical (unpaired) electrons. The average molecular weight is 292 g/mol. The van der Waals surface area contributed by atoms with Gasteiger partial charge in [-0.2, -0.15) is 0 Å². The smallest absolute Gasteiger partial charge is 0.275 e. The molecule has 0 bridgehead atoms. The highest BCUT2D eigenvalue weighted by Gasteiger charge is 2.10. The normalized spacial score (nSPS) is 10.4. The predicted octanol–water partition coefficient (Wildman–Crippen LogP) is 3.17. The number of carbonyl (C=O) groups is 1. The Morgan fingerprint density at radius 1 is 1.35 bits per heavy atom. The quantitative estimate of drug-likeness (QED) is 0.940. The minimum Gasteiger partial charge on any atom is -0.489 e. The molecule has 1 N–H and O–H groups in total. The van der Waals surface area contributed by atoms with Gasteiger partial charge < -0.3 is 10.1 Å². The Morgan fingerprint density at radius 3 is 2.75 bits per heavy atom. The molecule has 2 rings (SSSR count). The first-order chi connectivity index (χ1) is 9.56. The van der Waals surface area contributed by atoms with Crippen molar-refractivity contribution in [2.75, 3.05) is 5.32 Å². The van der Waals surface area contributed by atoms with Crippen molar-refractivity contribution in [1.82, 2.24) is 9.97 Å². The monoisotopic (exact) mass is 291 g/mol. The summed E-state index contributed by atoms with van der Waals surface area (Å²) in [5, 5.41) is 3.14. The highest BCUT2D eigenvalue weighted by Crippen LogP contribution is 2.28. The number of benzene rings is 1. The molecule has 0 spiro atoms. The summed E-state index contributed by atoms with van der Waals surface area (Å²) >= 11 is 6.10. The number of hydrogen-bond donors (Lipinski definition) is 1. The van der Waals surface area contributed by atoms with Crippen molar-refractivity contribution in [3.05, 3.63) is 47.5 Å². The number of nitrogens with zero attached hydrogens (tertiary/aromatic N) is 2. The van der Waals surface area contributed by atoms with Crippen molar-refractivity contribution >= 4 is 23.2 Å². The highest BCUT2D eigenvalue weighted by atomic mass is 35.5. The van der Waals surface area contributed by atoms with Gasteiger partial charge in [-0.3, -0.25) is 9.78 Å². The van der Waals surface area contributed by atoms with Gasteiger partial charge in [0.25, 0.3) is 5.91 Å². The van der Waals surface area contributed by atoms with Crippen LogP contribution in [0, 0.1) is 0 Å². The van der Waals surface area contributed by atoms with Crippen LogP contribution in [0.25, 0.3) is 0 Å². The average Bonchev–Trinajstić information content (AvgIpc) is 2.42. The molecule has 0 aliphatic heterocycles. The third-order valence-corrected chi connectivity index (χ3v) is 2.64. The van der Waals surface area contributed by atoms with E-state index in [2.05, 4.69) is 15.3 Å². The van der Waals surface area contributed by atoms with Crippen LogP contribution in [-0.4, -0.2) is 22.0 Å². The number of anilines is 1. The number of halogens is 1. The molecular formula is C14H14ClN3O2. The summed E-state index contributed by atoms with van der Waals surface area (Å²) in [5.41, 5.74) is 0.813. The van der Waals surface area contributed by atoms with Gasteiger partial charge in [-0.1, -0.05) is 11.6 Å². The number of carbonyl (C=O) groups excluding carboxylic acids is 1. The molecule has 6 heteroatoms. The molecule has 0 unspecified atom stereocenters. The van der Waals surface area contributed by atoms with Crippen molar-refractivity contribution in [2.24, 2.45) is 0 Å². The summed E-state index contributed by atoms with van der Waals surface area (Å²) in [4.78, 5) is 19.7. The van der Waals surface area contributed by atoms with Crippen LogP contribution in [-0.2, 0) is 0 Å². The summed E-state index contributed by atoms with van der Waals surface area (Å²) in [6.07, 6.45) is 4.40. The van der Waals surface area contributed by atoms with Crippen LogP contribution in [0.1, 0.15) is 24.3 Å². The van der Waals surface area contributed by atoms with Crippen LogP contribution in [0.15, 0.2) is 36.8 Å². The van der Waals surface area contributed by atoms with Crippen molar-refractivity contribution in [2.45, 2.75) is 20.0 Å². The zero-order chi connectivity index (χ0) is 14.5. The minimum atomic E-state index is -0.341. The van der Waals surface area contributed by atoms with E-state index >= 15 is 0 Å². The molecule has 1 amide bonds. The van der Waals surface area contributed by atoms with Crippen LogP contribution in [0.2, 0.25) is 5.02 Å². The van der Waals surface area contributed by atoms with Gasteiger partial charge in [0.15, 0.2) is 0 Å². The van der Waals surface area contributed by atoms with E-state index in [-0.39, 0.29) is 17.7 Å². The van der Waals surface area contributed by atoms with Gasteiger partial charge in [0.2, 0.25) is 0 Å². The van der Waals surface area contributed by atoms with Gasteiger partial charge in [0.1, 0.15) is 11.4 Å². The first-order valence-corrected chi connectivity index (χ1v) is 6.47. The third kappa shape index (κ3) is 3.68. The van der Waals surface area contributed by atoms with Gasteiger partial charge in [-0.25, -0.2) is 4.98 Å². The largest absolute Gasteiger partial charge is 0.489 e. The summed E-state index contributed by atoms with van der Waals surface area (Å²) in [6.45, 7) is 3.83. The lowest BCUT2D eigenvalue weighted by atomic mass is 10.3. The fourth-order valence-electron chi connectivity index (χ4n) is 1.54. The molecule has 0 aliphatic rings. The van der Waals surface area contributed by atoms with Crippen molar-refractivity contribution < 1.29 is 9.53 Å². The second-order valence-electron chi connectivity index (χ2n) is 4.36. The first kappa shape index (κ1) is 14.3. The third-order valence-electron chi connectivity index (χ3n) is 2.35. The molecule has 2 aromatic rings. The van der Waals surface area contributed by atoms with E-state index in [1.165, 1.54) is 18.6 Å². The molecule has 104 valence electrons. The second kappa shape index (κ2) is 6.34. The lowest BCUT2D eigenvalue weighted by molar-refractivity contribution is 0.102. The number of nitrogens with one attached hydrogen (secondary N) is 1. The Kier molecular flexibility index (Phi) is 4.53. The maximum absolute atomic E-state index is 11.9. The molecule has 0 aliphatic carbocycles. The number of ether oxygens (including phenoxy) is 1. The molecule has 1 aromatic heterocycles. The Hall–Kier alpha value is -2.14. The zero-order valence-corrected chi connectivity index (χ0v) is 11.9. The number of amides is 1. The first-order valence-electron chi connectivity index (χ1n) is 6.10. The van der Waals surface area contributed by atoms with E-state index in [1.54, 1.807) is 18.2 Å². The SMILES string of the molecule is CC(C)Oc1ccc(NC(=O)c2cnccn2)cc1Cl. The highest BCUT2D eigenvalue weighted by molar-refractivity contribution is 6.32. The van der Waals surface area contributed by atoms with Crippen LogP contribution in [0.4, 0.5) is 5.69 Å². The van der Waals surface area contributed by atoms with E-state index in [0.29, 0.717) is 16.5 Å².